The van der Waals surface area contributed by atoms with Crippen LogP contribution in [0.4, 0.5) is 61.5 Å². The SMILES string of the molecule is CC1C(C(=O)C(F)(F)C(F)(F)C(F)(F)F)C(=O)C2CC1(C(=O)[O-])C2(C)C.CC1C(C(=O)C(F)(F)C(F)(F)C(F)(F)F)C(=O)C2CC1(C(=O)[O-])C2(C)C.[Ni+2]. The molecule has 6 aliphatic carbocycles. The molecule has 0 aliphatic heterocycles. The number of hydrogen-bond acceptors (Lipinski definition) is 8. The monoisotopic (exact) mass is 840 g/mol. The van der Waals surface area contributed by atoms with Crippen LogP contribution in [0.25, 0.3) is 0 Å². The van der Waals surface area contributed by atoms with Crippen molar-refractivity contribution >= 4 is 35.1 Å². The summed E-state index contributed by atoms with van der Waals surface area (Å²) < 4.78 is 181. The number of carboxylic acids is 2. The van der Waals surface area contributed by atoms with Crippen molar-refractivity contribution in [1.29, 1.82) is 0 Å². The molecular formula is C30H28F14NiO8. The zero-order valence-electron chi connectivity index (χ0n) is 27.8. The van der Waals surface area contributed by atoms with Crippen LogP contribution in [0.15, 0.2) is 0 Å². The van der Waals surface area contributed by atoms with E-state index in [4.69, 9.17) is 0 Å². The maximum absolute atomic E-state index is 13.7. The quantitative estimate of drug-likeness (QED) is 0.203. The van der Waals surface area contributed by atoms with Crippen LogP contribution in [0.3, 0.4) is 0 Å². The van der Waals surface area contributed by atoms with E-state index in [0.717, 1.165) is 13.8 Å². The minimum absolute atomic E-state index is 0. The molecule has 0 amide bonds. The number of ketones is 4. The van der Waals surface area contributed by atoms with Crippen LogP contribution in [0, 0.1) is 57.2 Å². The third-order valence-electron chi connectivity index (χ3n) is 12.4. The van der Waals surface area contributed by atoms with Crippen molar-refractivity contribution in [3.05, 3.63) is 0 Å². The van der Waals surface area contributed by atoms with Gasteiger partial charge in [-0.3, -0.25) is 19.2 Å². The van der Waals surface area contributed by atoms with E-state index in [1.165, 1.54) is 27.7 Å². The van der Waals surface area contributed by atoms with Crippen LogP contribution in [0.2, 0.25) is 0 Å². The van der Waals surface area contributed by atoms with Gasteiger partial charge in [0.1, 0.15) is 11.6 Å². The molecule has 0 heterocycles. The third-order valence-corrected chi connectivity index (χ3v) is 12.4. The Bertz CT molecular complexity index is 1490. The summed E-state index contributed by atoms with van der Waals surface area (Å²) in [5.74, 6) is -48.9. The zero-order chi connectivity index (χ0) is 41.3. The summed E-state index contributed by atoms with van der Waals surface area (Å²) in [5.41, 5.74) is -6.56. The second kappa shape index (κ2) is 12.6. The van der Waals surface area contributed by atoms with E-state index >= 15 is 0 Å². The van der Waals surface area contributed by atoms with Crippen LogP contribution in [0.5, 0.6) is 0 Å². The van der Waals surface area contributed by atoms with E-state index < -0.39 is 128 Å². The number of aliphatic carboxylic acids is 2. The molecule has 304 valence electrons. The summed E-state index contributed by atoms with van der Waals surface area (Å²) in [6.07, 6.45) is -14.2. The van der Waals surface area contributed by atoms with E-state index in [9.17, 15) is 100 Å². The fraction of sp³-hybridized carbons (Fsp3) is 0.800. The van der Waals surface area contributed by atoms with Gasteiger partial charge >= 0.3 is 52.5 Å². The molecule has 6 rings (SSSR count). The van der Waals surface area contributed by atoms with Gasteiger partial charge in [-0.25, -0.2) is 0 Å². The van der Waals surface area contributed by atoms with E-state index in [0.29, 0.717) is 0 Å². The fourth-order valence-electron chi connectivity index (χ4n) is 8.83. The predicted octanol–water partition coefficient (Wildman–Crippen LogP) is 4.01. The van der Waals surface area contributed by atoms with E-state index in [1.807, 2.05) is 0 Å². The molecule has 4 bridgehead atoms. The first-order chi connectivity index (χ1) is 22.8. The van der Waals surface area contributed by atoms with Crippen LogP contribution < -0.4 is 10.2 Å². The topological polar surface area (TPSA) is 149 Å². The first-order valence-corrected chi connectivity index (χ1v) is 15.0. The Hall–Kier alpha value is -2.87. The van der Waals surface area contributed by atoms with Crippen molar-refractivity contribution < 1.29 is 117 Å². The van der Waals surface area contributed by atoms with Crippen molar-refractivity contribution in [1.82, 2.24) is 0 Å². The first kappa shape index (κ1) is 46.3. The summed E-state index contributed by atoms with van der Waals surface area (Å²) >= 11 is 0. The van der Waals surface area contributed by atoms with Crippen molar-refractivity contribution in [3.8, 4) is 0 Å². The van der Waals surface area contributed by atoms with Crippen LogP contribution in [-0.4, -0.2) is 71.1 Å². The van der Waals surface area contributed by atoms with Crippen molar-refractivity contribution in [2.75, 3.05) is 0 Å². The fourth-order valence-corrected chi connectivity index (χ4v) is 8.83. The Labute approximate surface area is 299 Å². The van der Waals surface area contributed by atoms with Crippen LogP contribution in [0.1, 0.15) is 54.4 Å². The molecular weight excluding hydrogens is 813 g/mol. The van der Waals surface area contributed by atoms with Gasteiger partial charge < -0.3 is 19.8 Å². The smallest absolute Gasteiger partial charge is 0.550 e. The van der Waals surface area contributed by atoms with E-state index in [2.05, 4.69) is 0 Å². The summed E-state index contributed by atoms with van der Waals surface area (Å²) in [7, 11) is 0. The maximum Gasteiger partial charge on any atom is 2.00 e. The van der Waals surface area contributed by atoms with Crippen LogP contribution >= 0.6 is 0 Å². The number of carbonyl (C=O) groups is 6. The van der Waals surface area contributed by atoms with Gasteiger partial charge in [0, 0.05) is 34.6 Å². The van der Waals surface area contributed by atoms with Crippen LogP contribution in [-0.2, 0) is 45.3 Å². The Morgan fingerprint density at radius 2 is 0.774 bits per heavy atom. The molecule has 23 heteroatoms. The Kier molecular flexibility index (Phi) is 11.0. The molecule has 0 radical (unpaired) electrons. The molecule has 0 N–H and O–H groups in total. The molecule has 0 spiro atoms. The summed E-state index contributed by atoms with van der Waals surface area (Å²) in [5, 5.41) is 23.1. The van der Waals surface area contributed by atoms with Gasteiger partial charge in [0.25, 0.3) is 0 Å². The normalized spacial score (nSPS) is 33.6. The number of carbonyl (C=O) groups excluding carboxylic acids is 6. The number of Topliss-reactive ketones (excluding diaryl/α,β-unsaturated/α-hetero) is 4. The standard InChI is InChI=1S/2C15H15F7O4.Ni/c2*1-5-7(9(24)13(16,17)14(18,19)15(20,21)22)8(23)6-4-12(5,10(25)26)11(6,2)3;/h2*5-7H,4H2,1-3H3,(H,25,26);/q;;+2/p-2. The summed E-state index contributed by atoms with van der Waals surface area (Å²) in [4.78, 5) is 71.6. The molecule has 0 aromatic carbocycles. The molecule has 6 aliphatic rings. The predicted molar refractivity (Wildman–Crippen MR) is 136 cm³/mol. The van der Waals surface area contributed by atoms with Gasteiger partial charge in [-0.2, -0.15) is 61.5 Å². The number of fused-ring (bicyclic) bond motifs is 4. The number of hydrogen-bond donors (Lipinski definition) is 0. The van der Waals surface area contributed by atoms with Gasteiger partial charge in [-0.05, 0) is 35.5 Å². The Morgan fingerprint density at radius 1 is 0.547 bits per heavy atom. The maximum atomic E-state index is 13.7. The minimum atomic E-state index is -6.73. The third kappa shape index (κ3) is 5.48. The molecule has 53 heavy (non-hydrogen) atoms. The van der Waals surface area contributed by atoms with Gasteiger partial charge in [0.05, 0.1) is 11.8 Å². The Balaban J connectivity index is 0.000000360. The zero-order valence-corrected chi connectivity index (χ0v) is 28.7. The molecule has 6 saturated carbocycles. The van der Waals surface area contributed by atoms with Gasteiger partial charge in [0.2, 0.25) is 11.6 Å². The largest absolute Gasteiger partial charge is 2.00 e. The molecule has 0 aromatic heterocycles. The Morgan fingerprint density at radius 3 is 0.943 bits per heavy atom. The van der Waals surface area contributed by atoms with Crippen molar-refractivity contribution in [3.63, 3.8) is 0 Å². The first-order valence-electron chi connectivity index (χ1n) is 15.0. The second-order valence-electron chi connectivity index (χ2n) is 14.8. The number of halogens is 14. The van der Waals surface area contributed by atoms with E-state index in [1.54, 1.807) is 0 Å². The molecule has 0 aromatic rings. The summed E-state index contributed by atoms with van der Waals surface area (Å²) in [6.45, 7) is 7.05. The van der Waals surface area contributed by atoms with E-state index in [-0.39, 0.29) is 29.3 Å². The average molecular weight is 841 g/mol. The number of carboxylic acid groups (broad SMARTS) is 2. The molecule has 8 nitrogen and oxygen atoms in total. The number of rotatable bonds is 8. The minimum Gasteiger partial charge on any atom is -0.550 e. The molecule has 0 saturated heterocycles. The average Bonchev–Trinajstić information content (AvgIpc) is 2.94. The van der Waals surface area contributed by atoms with Gasteiger partial charge in [-0.1, -0.05) is 41.5 Å². The number of alkyl halides is 14. The van der Waals surface area contributed by atoms with Gasteiger partial charge in [-0.15, -0.1) is 0 Å². The summed E-state index contributed by atoms with van der Waals surface area (Å²) in [6, 6.07) is 0. The van der Waals surface area contributed by atoms with Crippen molar-refractivity contribution in [2.24, 2.45) is 57.2 Å². The second-order valence-corrected chi connectivity index (χ2v) is 14.8. The molecule has 6 fully saturated rings. The van der Waals surface area contributed by atoms with Gasteiger partial charge in [0.15, 0.2) is 0 Å². The molecule has 8 unspecified atom stereocenters. The van der Waals surface area contributed by atoms with Crippen molar-refractivity contribution in [2.45, 2.75) is 90.4 Å². The molecule has 8 atom stereocenters.